The third-order valence-corrected chi connectivity index (χ3v) is 11.4. The highest BCUT2D eigenvalue weighted by molar-refractivity contribution is 6.15. The number of aryl methyl sites for hydroxylation is 1. The normalized spacial score (nSPS) is 12.6. The molecule has 0 saturated heterocycles. The zero-order chi connectivity index (χ0) is 41.5. The molecule has 1 aromatic heterocycles. The van der Waals surface area contributed by atoms with Crippen molar-refractivity contribution >= 4 is 44.0 Å². The molecule has 0 N–H and O–H groups in total. The first-order valence-electron chi connectivity index (χ1n) is 21.2. The fourth-order valence-corrected chi connectivity index (χ4v) is 8.45. The lowest BCUT2D eigenvalue weighted by molar-refractivity contribution is 0.936. The van der Waals surface area contributed by atoms with Crippen molar-refractivity contribution in [1.82, 2.24) is 9.55 Å². The highest BCUT2D eigenvalue weighted by Gasteiger charge is 2.20. The van der Waals surface area contributed by atoms with Gasteiger partial charge in [-0.2, -0.15) is 0 Å². The molecule has 0 amide bonds. The van der Waals surface area contributed by atoms with Crippen molar-refractivity contribution in [1.29, 1.82) is 0 Å². The van der Waals surface area contributed by atoms with Crippen LogP contribution in [0, 0.1) is 0 Å². The van der Waals surface area contributed by atoms with Gasteiger partial charge in [-0.25, -0.2) is 4.98 Å². The average molecular weight is 785 g/mol. The first kappa shape index (κ1) is 38.9. The fourth-order valence-electron chi connectivity index (χ4n) is 8.45. The smallest absolute Gasteiger partial charge is 0.145 e. The lowest BCUT2D eigenvalue weighted by Crippen LogP contribution is -2.02. The van der Waals surface area contributed by atoms with Gasteiger partial charge in [-0.05, 0) is 146 Å². The van der Waals surface area contributed by atoms with Crippen molar-refractivity contribution in [2.45, 2.75) is 26.2 Å². The molecule has 7 aromatic carbocycles. The molecule has 294 valence electrons. The molecule has 0 spiro atoms. The Morgan fingerprint density at radius 2 is 1.36 bits per heavy atom. The number of nitrogens with zero attached hydrogens (tertiary/aromatic N) is 2. The molecule has 61 heavy (non-hydrogen) atoms. The van der Waals surface area contributed by atoms with Gasteiger partial charge in [0.15, 0.2) is 0 Å². The Bertz CT molecular complexity index is 3130. The maximum atomic E-state index is 5.16. The highest BCUT2D eigenvalue weighted by Crippen LogP contribution is 2.39. The minimum atomic E-state index is 0.779. The van der Waals surface area contributed by atoms with Crippen LogP contribution >= 0.6 is 0 Å². The van der Waals surface area contributed by atoms with Crippen LogP contribution < -0.4 is 0 Å². The number of allylic oxidation sites excluding steroid dienone is 9. The van der Waals surface area contributed by atoms with E-state index < -0.39 is 0 Å². The second kappa shape index (κ2) is 17.7. The van der Waals surface area contributed by atoms with Crippen LogP contribution in [0.5, 0.6) is 0 Å². The zero-order valence-electron chi connectivity index (χ0n) is 34.6. The van der Waals surface area contributed by atoms with E-state index in [1.807, 2.05) is 25.2 Å². The van der Waals surface area contributed by atoms with Gasteiger partial charge in [0.25, 0.3) is 0 Å². The molecule has 0 bridgehead atoms. The number of fused-ring (bicyclic) bond motifs is 5. The predicted octanol–water partition coefficient (Wildman–Crippen LogP) is 16.1. The number of hydrogen-bond acceptors (Lipinski definition) is 1. The number of hydrogen-bond donors (Lipinski definition) is 0. The molecule has 2 heteroatoms. The molecule has 0 radical (unpaired) electrons. The first-order chi connectivity index (χ1) is 30.1. The van der Waals surface area contributed by atoms with Crippen molar-refractivity contribution in [3.05, 3.63) is 242 Å². The minimum absolute atomic E-state index is 0.779. The van der Waals surface area contributed by atoms with Gasteiger partial charge in [0.1, 0.15) is 5.82 Å². The van der Waals surface area contributed by atoms with Gasteiger partial charge in [-0.15, -0.1) is 6.58 Å². The van der Waals surface area contributed by atoms with E-state index in [1.54, 1.807) is 0 Å². The van der Waals surface area contributed by atoms with Crippen LogP contribution in [0.1, 0.15) is 36.7 Å². The molecule has 0 aliphatic heterocycles. The Hall–Kier alpha value is -7.55. The minimum Gasteiger partial charge on any atom is -0.293 e. The molecular weight excluding hydrogens is 737 g/mol. The Morgan fingerprint density at radius 3 is 2.18 bits per heavy atom. The second-order valence-corrected chi connectivity index (χ2v) is 15.5. The van der Waals surface area contributed by atoms with Crippen LogP contribution in [0.15, 0.2) is 225 Å². The molecule has 0 fully saturated rings. The Labute approximate surface area is 359 Å². The fraction of sp³-hybridized carbons (Fsp3) is 0.0678. The van der Waals surface area contributed by atoms with E-state index in [2.05, 4.69) is 212 Å². The topological polar surface area (TPSA) is 17.8 Å². The van der Waals surface area contributed by atoms with Gasteiger partial charge in [-0.3, -0.25) is 4.57 Å². The Kier molecular flexibility index (Phi) is 11.3. The van der Waals surface area contributed by atoms with E-state index in [1.165, 1.54) is 43.8 Å². The first-order valence-corrected chi connectivity index (χ1v) is 21.2. The number of rotatable bonds is 10. The summed E-state index contributed by atoms with van der Waals surface area (Å²) in [6.07, 6.45) is 19.7. The summed E-state index contributed by atoms with van der Waals surface area (Å²) in [5, 5.41) is 7.15. The molecule has 0 atom stereocenters. The van der Waals surface area contributed by atoms with Gasteiger partial charge in [0.05, 0.1) is 11.4 Å². The number of aromatic nitrogens is 2. The molecule has 2 nitrogen and oxygen atoms in total. The van der Waals surface area contributed by atoms with Gasteiger partial charge in [0.2, 0.25) is 0 Å². The molecule has 1 aliphatic rings. The van der Waals surface area contributed by atoms with Gasteiger partial charge in [-0.1, -0.05) is 170 Å². The summed E-state index contributed by atoms with van der Waals surface area (Å²) in [5.74, 6) is 0.978. The summed E-state index contributed by atoms with van der Waals surface area (Å²) in [5.41, 5.74) is 12.4. The Balaban J connectivity index is 1.25. The largest absolute Gasteiger partial charge is 0.293 e. The lowest BCUT2D eigenvalue weighted by Gasteiger charge is -2.15. The van der Waals surface area contributed by atoms with Crippen LogP contribution in [0.3, 0.4) is 0 Å². The quantitative estimate of drug-likeness (QED) is 0.0998. The second-order valence-electron chi connectivity index (χ2n) is 15.5. The third-order valence-electron chi connectivity index (χ3n) is 11.4. The lowest BCUT2D eigenvalue weighted by atomic mass is 9.90. The monoisotopic (exact) mass is 784 g/mol. The van der Waals surface area contributed by atoms with Crippen molar-refractivity contribution in [3.63, 3.8) is 0 Å². The van der Waals surface area contributed by atoms with Gasteiger partial charge in [0, 0.05) is 11.3 Å². The maximum Gasteiger partial charge on any atom is 0.145 e. The highest BCUT2D eigenvalue weighted by atomic mass is 15.1. The van der Waals surface area contributed by atoms with Crippen molar-refractivity contribution < 1.29 is 0 Å². The van der Waals surface area contributed by atoms with Crippen LogP contribution in [0.4, 0.5) is 0 Å². The van der Waals surface area contributed by atoms with Crippen LogP contribution in [-0.2, 0) is 6.42 Å². The van der Waals surface area contributed by atoms with Crippen molar-refractivity contribution in [3.8, 4) is 39.3 Å². The standard InChI is InChI=1S/C59H48N2/c1-4-6-10-23-46(37-42(3)19-5-2)48-24-11-7-8-12-26-50-41-55(51-30-29-43-20-15-16-25-47(43)38-51)56-40-49(33-36-53(56)54(50)39-48)44-31-34-52(35-32-44)61-58-28-18-17-27-57(58)60-59(61)45-21-13-9-14-22-45/h4-5,7-16,18-26,28-41H,1,3,6,17,27H2,2H3/b8-7?,11-7?,12-8?,19-5-,23-10-,24-11?,26-12?,46-37+,48-24?,48-39?,50-26?,54-39?. The van der Waals surface area contributed by atoms with E-state index in [4.69, 9.17) is 4.98 Å². The summed E-state index contributed by atoms with van der Waals surface area (Å²) in [6, 6.07) is 59.5. The summed E-state index contributed by atoms with van der Waals surface area (Å²) in [6.45, 7) is 10.3. The van der Waals surface area contributed by atoms with E-state index in [0.717, 1.165) is 75.3 Å². The molecule has 0 saturated carbocycles. The SMILES string of the molecule is C=CC/C=C\C(=C/C(=C)/C=C\C)c1ccccccc2cc(-c3ccc4ccccc4c3)c3cc(-c4ccc(-n5c(-c6ccccc6)nc6c5C=CCC6)cc4)ccc3c2c1. The van der Waals surface area contributed by atoms with Gasteiger partial charge < -0.3 is 0 Å². The molecule has 8 aromatic rings. The number of benzene rings is 6. The molecular formula is C59H48N2. The predicted molar refractivity (Wildman–Crippen MR) is 263 cm³/mol. The summed E-state index contributed by atoms with van der Waals surface area (Å²) >= 11 is 0. The Morgan fingerprint density at radius 1 is 0.639 bits per heavy atom. The summed E-state index contributed by atoms with van der Waals surface area (Å²) < 4.78 is 2.31. The van der Waals surface area contributed by atoms with Crippen LogP contribution in [0.2, 0.25) is 0 Å². The van der Waals surface area contributed by atoms with Gasteiger partial charge >= 0.3 is 0 Å². The van der Waals surface area contributed by atoms with Crippen LogP contribution in [0.25, 0.3) is 83.3 Å². The van der Waals surface area contributed by atoms with Crippen molar-refractivity contribution in [2.24, 2.45) is 0 Å². The molecule has 1 heterocycles. The summed E-state index contributed by atoms with van der Waals surface area (Å²) in [7, 11) is 0. The van der Waals surface area contributed by atoms with E-state index in [9.17, 15) is 0 Å². The number of imidazole rings is 1. The van der Waals surface area contributed by atoms with Crippen LogP contribution in [-0.4, -0.2) is 9.55 Å². The summed E-state index contributed by atoms with van der Waals surface area (Å²) in [4.78, 5) is 5.16. The molecule has 9 rings (SSSR count). The van der Waals surface area contributed by atoms with E-state index in [-0.39, 0.29) is 0 Å². The zero-order valence-corrected chi connectivity index (χ0v) is 34.6. The van der Waals surface area contributed by atoms with E-state index in [0.29, 0.717) is 0 Å². The van der Waals surface area contributed by atoms with E-state index >= 15 is 0 Å². The molecule has 1 aliphatic carbocycles. The maximum absolute atomic E-state index is 5.16. The third kappa shape index (κ3) is 8.22. The van der Waals surface area contributed by atoms with Crippen molar-refractivity contribution in [2.75, 3.05) is 0 Å². The average Bonchev–Trinajstić information content (AvgIpc) is 3.70. The molecule has 0 unspecified atom stereocenters.